The zero-order chi connectivity index (χ0) is 20.6. The van der Waals surface area contributed by atoms with Gasteiger partial charge in [-0.05, 0) is 37.0 Å². The van der Waals surface area contributed by atoms with Gasteiger partial charge >= 0.3 is 0 Å². The van der Waals surface area contributed by atoms with Crippen LogP contribution in [0.5, 0.6) is 0 Å². The minimum atomic E-state index is -3.45. The maximum Gasteiger partial charge on any atom is 0.263 e. The van der Waals surface area contributed by atoms with Gasteiger partial charge in [-0.2, -0.15) is 0 Å². The highest BCUT2D eigenvalue weighted by atomic mass is 32.2. The van der Waals surface area contributed by atoms with Crippen LogP contribution in [0.1, 0.15) is 32.0 Å². The van der Waals surface area contributed by atoms with Crippen molar-refractivity contribution in [2.45, 2.75) is 25.9 Å². The van der Waals surface area contributed by atoms with Crippen molar-refractivity contribution in [1.29, 1.82) is 0 Å². The van der Waals surface area contributed by atoms with Gasteiger partial charge in [0.15, 0.2) is 9.84 Å². The van der Waals surface area contributed by atoms with E-state index in [0.29, 0.717) is 16.8 Å². The first kappa shape index (κ1) is 20.2. The zero-order valence-corrected chi connectivity index (χ0v) is 17.2. The molecule has 0 spiro atoms. The van der Waals surface area contributed by atoms with E-state index in [1.165, 1.54) is 10.8 Å². The van der Waals surface area contributed by atoms with Crippen LogP contribution in [0.2, 0.25) is 0 Å². The second kappa shape index (κ2) is 7.47. The van der Waals surface area contributed by atoms with E-state index in [-0.39, 0.29) is 17.1 Å². The summed E-state index contributed by atoms with van der Waals surface area (Å²) in [5.41, 5.74) is 1.04. The summed E-state index contributed by atoms with van der Waals surface area (Å²) in [4.78, 5) is 37.5. The van der Waals surface area contributed by atoms with Gasteiger partial charge in [0.2, 0.25) is 0 Å². The highest BCUT2D eigenvalue weighted by Crippen LogP contribution is 2.15. The lowest BCUT2D eigenvalue weighted by Crippen LogP contribution is -2.51. The monoisotopic (exact) mass is 424 g/mol. The smallest absolute Gasteiger partial charge is 0.263 e. The number of hydrogen-bond donors (Lipinski definition) is 2. The van der Waals surface area contributed by atoms with Gasteiger partial charge in [0, 0.05) is 18.1 Å². The predicted octanol–water partition coefficient (Wildman–Crippen LogP) is -0.216. The average molecular weight is 425 g/mol. The number of hydrogen-bond acceptors (Lipinski definition) is 7. The summed E-state index contributed by atoms with van der Waals surface area (Å²) >= 11 is 1.10. The minimum Gasteiger partial charge on any atom is -0.346 e. The van der Waals surface area contributed by atoms with E-state index in [4.69, 9.17) is 0 Å². The van der Waals surface area contributed by atoms with Gasteiger partial charge < -0.3 is 15.2 Å². The Balaban J connectivity index is 1.83. The molecule has 0 unspecified atom stereocenters. The molecule has 11 heteroatoms. The molecule has 0 bridgehead atoms. The fraction of sp³-hybridized carbons (Fsp3) is 0.412. The molecule has 2 aromatic heterocycles. The van der Waals surface area contributed by atoms with Crippen LogP contribution in [0.4, 0.5) is 0 Å². The number of rotatable bonds is 4. The molecule has 3 heterocycles. The molecule has 28 heavy (non-hydrogen) atoms. The summed E-state index contributed by atoms with van der Waals surface area (Å²) in [5.74, 6) is -1.71. The quantitative estimate of drug-likeness (QED) is 0.699. The Hall–Kier alpha value is -2.53. The van der Waals surface area contributed by atoms with Crippen molar-refractivity contribution < 1.29 is 18.0 Å². The topological polar surface area (TPSA) is 127 Å². The van der Waals surface area contributed by atoms with Crippen molar-refractivity contribution in [2.24, 2.45) is 7.05 Å². The molecule has 3 rings (SSSR count). The third-order valence-corrected chi connectivity index (χ3v) is 7.09. The van der Waals surface area contributed by atoms with E-state index >= 15 is 0 Å². The van der Waals surface area contributed by atoms with Crippen LogP contribution >= 0.6 is 11.5 Å². The number of aromatic nitrogens is 2. The zero-order valence-electron chi connectivity index (χ0n) is 15.6. The molecule has 1 aliphatic heterocycles. The van der Waals surface area contributed by atoms with Gasteiger partial charge in [-0.25, -0.2) is 12.8 Å². The van der Waals surface area contributed by atoms with Crippen molar-refractivity contribution in [2.75, 3.05) is 11.5 Å². The summed E-state index contributed by atoms with van der Waals surface area (Å²) < 4.78 is 29.4. The molecular weight excluding hydrogens is 404 g/mol. The normalized spacial score (nSPS) is 20.7. The van der Waals surface area contributed by atoms with E-state index in [1.54, 1.807) is 32.3 Å². The maximum absolute atomic E-state index is 12.7. The van der Waals surface area contributed by atoms with Crippen LogP contribution in [-0.2, 0) is 16.9 Å². The van der Waals surface area contributed by atoms with Crippen LogP contribution in [0.15, 0.2) is 22.4 Å². The van der Waals surface area contributed by atoms with E-state index in [1.807, 2.05) is 0 Å². The van der Waals surface area contributed by atoms with Gasteiger partial charge in [-0.3, -0.25) is 14.4 Å². The van der Waals surface area contributed by atoms with Gasteiger partial charge in [-0.1, -0.05) is 0 Å². The molecule has 2 aromatic rings. The lowest BCUT2D eigenvalue weighted by atomic mass is 10.1. The van der Waals surface area contributed by atoms with Crippen LogP contribution in [0, 0.1) is 13.8 Å². The molecule has 150 valence electrons. The van der Waals surface area contributed by atoms with Crippen LogP contribution in [-0.4, -0.2) is 52.8 Å². The Morgan fingerprint density at radius 1 is 1.18 bits per heavy atom. The highest BCUT2D eigenvalue weighted by molar-refractivity contribution is 7.91. The Kier molecular flexibility index (Phi) is 5.39. The SMILES string of the molecule is Cc1cc(C)n(C)c(=O)c1C(=O)N[C@@H]1CS(=O)(=O)C[C@H]1NC(=O)c1cnsc1. The summed E-state index contributed by atoms with van der Waals surface area (Å²) in [6.45, 7) is 3.40. The standard InChI is InChI=1S/C17H20N4O5S2/c1-9-4-10(2)21(3)17(24)14(9)16(23)20-13-8-28(25,26)7-12(13)19-15(22)11-5-18-27-6-11/h4-6,12-13H,7-8H2,1-3H3,(H,19,22)(H,20,23)/t12-,13-/m1/s1. The Morgan fingerprint density at radius 2 is 1.79 bits per heavy atom. The van der Waals surface area contributed by atoms with Crippen molar-refractivity contribution in [1.82, 2.24) is 19.6 Å². The van der Waals surface area contributed by atoms with E-state index in [0.717, 1.165) is 11.5 Å². The molecule has 0 aliphatic carbocycles. The van der Waals surface area contributed by atoms with Crippen molar-refractivity contribution in [3.05, 3.63) is 50.4 Å². The van der Waals surface area contributed by atoms with Gasteiger partial charge in [0.1, 0.15) is 5.56 Å². The number of carbonyl (C=O) groups excluding carboxylic acids is 2. The number of nitrogens with zero attached hydrogens (tertiary/aromatic N) is 2. The summed E-state index contributed by atoms with van der Waals surface area (Å²) in [6.07, 6.45) is 1.39. The lowest BCUT2D eigenvalue weighted by molar-refractivity contribution is 0.0895. The Labute approximate surface area is 165 Å². The molecule has 1 aliphatic rings. The molecule has 0 radical (unpaired) electrons. The Bertz CT molecular complexity index is 1090. The molecular formula is C17H20N4O5S2. The molecule has 2 N–H and O–H groups in total. The molecule has 1 saturated heterocycles. The predicted molar refractivity (Wildman–Crippen MR) is 104 cm³/mol. The fourth-order valence-electron chi connectivity index (χ4n) is 3.20. The maximum atomic E-state index is 12.7. The Morgan fingerprint density at radius 3 is 2.36 bits per heavy atom. The molecule has 2 amide bonds. The highest BCUT2D eigenvalue weighted by Gasteiger charge is 2.40. The third-order valence-electron chi connectivity index (χ3n) is 4.77. The average Bonchev–Trinajstić information content (AvgIpc) is 3.21. The number of amides is 2. The number of aryl methyl sites for hydroxylation is 2. The number of carbonyl (C=O) groups is 2. The van der Waals surface area contributed by atoms with Gasteiger partial charge in [-0.15, -0.1) is 0 Å². The summed E-state index contributed by atoms with van der Waals surface area (Å²) in [7, 11) is -1.89. The van der Waals surface area contributed by atoms with Gasteiger partial charge in [0.05, 0.1) is 35.3 Å². The summed E-state index contributed by atoms with van der Waals surface area (Å²) in [6, 6.07) is 0.0827. The van der Waals surface area contributed by atoms with Crippen LogP contribution in [0.3, 0.4) is 0 Å². The van der Waals surface area contributed by atoms with Crippen molar-refractivity contribution >= 4 is 33.2 Å². The van der Waals surface area contributed by atoms with E-state index in [9.17, 15) is 22.8 Å². The van der Waals surface area contributed by atoms with Crippen LogP contribution < -0.4 is 16.2 Å². The van der Waals surface area contributed by atoms with E-state index in [2.05, 4.69) is 15.0 Å². The van der Waals surface area contributed by atoms with Gasteiger partial charge in [0.25, 0.3) is 17.4 Å². The second-order valence-electron chi connectivity index (χ2n) is 6.86. The molecule has 1 fully saturated rings. The third kappa shape index (κ3) is 3.99. The molecule has 0 aromatic carbocycles. The fourth-order valence-corrected chi connectivity index (χ4v) is 5.57. The molecule has 2 atom stereocenters. The summed E-state index contributed by atoms with van der Waals surface area (Å²) in [5, 5.41) is 6.81. The largest absolute Gasteiger partial charge is 0.346 e. The first-order valence-corrected chi connectivity index (χ1v) is 11.1. The lowest BCUT2D eigenvalue weighted by Gasteiger charge is -2.21. The minimum absolute atomic E-state index is 0.0375. The second-order valence-corrected chi connectivity index (χ2v) is 9.67. The van der Waals surface area contributed by atoms with E-state index < -0.39 is 39.3 Å². The number of sulfone groups is 1. The molecule has 0 saturated carbocycles. The first-order chi connectivity index (χ1) is 13.1. The first-order valence-electron chi connectivity index (χ1n) is 8.48. The number of nitrogens with one attached hydrogen (secondary N) is 2. The van der Waals surface area contributed by atoms with Crippen molar-refractivity contribution in [3.8, 4) is 0 Å². The van der Waals surface area contributed by atoms with Crippen LogP contribution in [0.25, 0.3) is 0 Å². The molecule has 9 nitrogen and oxygen atoms in total. The van der Waals surface area contributed by atoms with Crippen molar-refractivity contribution in [3.63, 3.8) is 0 Å². The number of pyridine rings is 1.